The van der Waals surface area contributed by atoms with Crippen LogP contribution in [0.5, 0.6) is 0 Å². The molecule has 0 radical (unpaired) electrons. The lowest BCUT2D eigenvalue weighted by atomic mass is 9.98. The van der Waals surface area contributed by atoms with Crippen molar-refractivity contribution < 1.29 is 9.53 Å². The van der Waals surface area contributed by atoms with Gasteiger partial charge in [-0.25, -0.2) is 4.79 Å². The van der Waals surface area contributed by atoms with Crippen molar-refractivity contribution in [1.82, 2.24) is 4.90 Å². The summed E-state index contributed by atoms with van der Waals surface area (Å²) in [6.07, 6.45) is 0.782. The summed E-state index contributed by atoms with van der Waals surface area (Å²) in [6, 6.07) is 0. The van der Waals surface area contributed by atoms with E-state index < -0.39 is 0 Å². The molecular formula is C21H41NO2S2. The third-order valence-corrected chi connectivity index (χ3v) is 6.25. The molecule has 0 N–H and O–H groups in total. The molecule has 0 saturated carbocycles. The third-order valence-electron chi connectivity index (χ3n) is 3.62. The van der Waals surface area contributed by atoms with E-state index in [0.717, 1.165) is 25.3 Å². The van der Waals surface area contributed by atoms with Gasteiger partial charge in [-0.05, 0) is 37.1 Å². The lowest BCUT2D eigenvalue weighted by Gasteiger charge is -2.22. The molecule has 1 aliphatic rings. The van der Waals surface area contributed by atoms with Gasteiger partial charge in [-0.15, -0.1) is 23.1 Å². The van der Waals surface area contributed by atoms with Gasteiger partial charge in [0, 0.05) is 23.9 Å². The molecule has 1 aliphatic heterocycles. The number of nitrogens with zero attached hydrogens (tertiary/aromatic N) is 1. The van der Waals surface area contributed by atoms with Crippen molar-refractivity contribution in [3.05, 3.63) is 16.0 Å². The quantitative estimate of drug-likeness (QED) is 0.493. The molecule has 2 rings (SSSR count). The van der Waals surface area contributed by atoms with Gasteiger partial charge in [-0.3, -0.25) is 0 Å². The van der Waals surface area contributed by atoms with Crippen molar-refractivity contribution in [2.75, 3.05) is 25.4 Å². The minimum absolute atomic E-state index is 0.171. The molecule has 1 amide bonds. The van der Waals surface area contributed by atoms with Crippen LogP contribution in [0, 0.1) is 6.92 Å². The molecule has 3 nitrogen and oxygen atoms in total. The van der Waals surface area contributed by atoms with Crippen LogP contribution in [-0.2, 0) is 11.2 Å². The summed E-state index contributed by atoms with van der Waals surface area (Å²) in [5, 5.41) is 0. The monoisotopic (exact) mass is 403 g/mol. The Kier molecular flexibility index (Phi) is 17.5. The number of hydrogen-bond donors (Lipinski definition) is 0. The number of fused-ring (bicyclic) bond motifs is 1. The fraction of sp³-hybridized carbons (Fsp3) is 0.762. The largest absolute Gasteiger partial charge is 0.450 e. The zero-order chi connectivity index (χ0) is 20.7. The Bertz CT molecular complexity index is 487. The number of carbonyl (C=O) groups is 1. The molecule has 0 spiro atoms. The highest BCUT2D eigenvalue weighted by molar-refractivity contribution is 8.01. The highest BCUT2D eigenvalue weighted by Gasteiger charge is 2.27. The lowest BCUT2D eigenvalue weighted by Crippen LogP contribution is -2.34. The van der Waals surface area contributed by atoms with Gasteiger partial charge in [-0.2, -0.15) is 0 Å². The smallest absolute Gasteiger partial charge is 0.409 e. The third kappa shape index (κ3) is 7.91. The van der Waals surface area contributed by atoms with Crippen LogP contribution in [0.1, 0.15) is 84.2 Å². The van der Waals surface area contributed by atoms with E-state index in [1.54, 1.807) is 0 Å². The van der Waals surface area contributed by atoms with Gasteiger partial charge in [-0.1, -0.05) is 55.4 Å². The second-order valence-electron chi connectivity index (χ2n) is 5.08. The molecule has 2 heterocycles. The number of amides is 1. The van der Waals surface area contributed by atoms with E-state index in [1.165, 1.54) is 20.2 Å². The Balaban J connectivity index is 0. The summed E-state index contributed by atoms with van der Waals surface area (Å²) >= 11 is 3.85. The first-order chi connectivity index (χ1) is 12.6. The van der Waals surface area contributed by atoms with Gasteiger partial charge < -0.3 is 9.64 Å². The number of carbonyl (C=O) groups excluding carboxylic acids is 1. The van der Waals surface area contributed by atoms with Crippen molar-refractivity contribution >= 4 is 29.2 Å². The first-order valence-corrected chi connectivity index (χ1v) is 12.0. The number of ether oxygens (including phenoxy) is 1. The van der Waals surface area contributed by atoms with Crippen LogP contribution in [0.25, 0.3) is 0 Å². The van der Waals surface area contributed by atoms with Gasteiger partial charge in [0.2, 0.25) is 0 Å². The van der Waals surface area contributed by atoms with Gasteiger partial charge >= 0.3 is 6.09 Å². The second-order valence-corrected chi connectivity index (χ2v) is 7.72. The summed E-state index contributed by atoms with van der Waals surface area (Å²) in [6.45, 7) is 22.5. The van der Waals surface area contributed by atoms with E-state index in [1.807, 2.05) is 76.5 Å². The normalized spacial score (nSPS) is 15.0. The maximum Gasteiger partial charge on any atom is 0.409 e. The summed E-state index contributed by atoms with van der Waals surface area (Å²) in [4.78, 5) is 15.2. The highest BCUT2D eigenvalue weighted by Crippen LogP contribution is 2.41. The predicted octanol–water partition coefficient (Wildman–Crippen LogP) is 7.37. The Morgan fingerprint density at radius 3 is 2.27 bits per heavy atom. The van der Waals surface area contributed by atoms with Crippen LogP contribution < -0.4 is 0 Å². The molecular weight excluding hydrogens is 362 g/mol. The number of thioether (sulfide) groups is 1. The van der Waals surface area contributed by atoms with Crippen molar-refractivity contribution in [2.45, 2.75) is 85.8 Å². The Hall–Kier alpha value is -0.680. The molecule has 1 unspecified atom stereocenters. The number of rotatable bonds is 3. The molecule has 0 fully saturated rings. The van der Waals surface area contributed by atoms with Crippen molar-refractivity contribution in [3.63, 3.8) is 0 Å². The van der Waals surface area contributed by atoms with E-state index in [9.17, 15) is 4.79 Å². The van der Waals surface area contributed by atoms with Crippen LogP contribution in [-0.4, -0.2) is 36.4 Å². The first-order valence-electron chi connectivity index (χ1n) is 10.2. The second kappa shape index (κ2) is 16.5. The minimum atomic E-state index is -0.171. The average Bonchev–Trinajstić information content (AvgIpc) is 2.89. The van der Waals surface area contributed by atoms with Gasteiger partial charge in [0.25, 0.3) is 0 Å². The van der Waals surface area contributed by atoms with Crippen LogP contribution in [0.2, 0.25) is 0 Å². The van der Waals surface area contributed by atoms with Crippen molar-refractivity contribution in [3.8, 4) is 0 Å². The molecule has 1 atom stereocenters. The molecule has 0 bridgehead atoms. The van der Waals surface area contributed by atoms with E-state index in [2.05, 4.69) is 20.8 Å². The summed E-state index contributed by atoms with van der Waals surface area (Å²) in [5.74, 6) is 1.50. The zero-order valence-electron chi connectivity index (χ0n) is 18.7. The van der Waals surface area contributed by atoms with E-state index in [0.29, 0.717) is 12.5 Å². The van der Waals surface area contributed by atoms with Gasteiger partial charge in [0.1, 0.15) is 0 Å². The summed E-state index contributed by atoms with van der Waals surface area (Å²) in [7, 11) is 0. The van der Waals surface area contributed by atoms with E-state index >= 15 is 0 Å². The molecule has 0 saturated heterocycles. The standard InChI is InChI=1S/C15H23NO2S2.3C2H6/c1-5-18-15(17)16-8-7-12-13(10(3)9-16)11(4)14(20-12)19-6-2;3*1-2/h10H,5-9H2,1-4H3;3*1-2H3. The summed E-state index contributed by atoms with van der Waals surface area (Å²) < 4.78 is 6.59. The van der Waals surface area contributed by atoms with Crippen LogP contribution in [0.15, 0.2) is 4.21 Å². The summed E-state index contributed by atoms with van der Waals surface area (Å²) in [5.41, 5.74) is 2.90. The van der Waals surface area contributed by atoms with Gasteiger partial charge in [0.15, 0.2) is 0 Å². The van der Waals surface area contributed by atoms with Crippen molar-refractivity contribution in [2.24, 2.45) is 0 Å². The molecule has 0 aromatic carbocycles. The molecule has 154 valence electrons. The zero-order valence-corrected chi connectivity index (χ0v) is 20.3. The van der Waals surface area contributed by atoms with Gasteiger partial charge in [0.05, 0.1) is 10.8 Å². The molecule has 26 heavy (non-hydrogen) atoms. The predicted molar refractivity (Wildman–Crippen MR) is 120 cm³/mol. The maximum atomic E-state index is 11.9. The van der Waals surface area contributed by atoms with Crippen LogP contribution in [0.4, 0.5) is 4.79 Å². The Labute approximate surface area is 170 Å². The van der Waals surface area contributed by atoms with E-state index in [4.69, 9.17) is 4.74 Å². The SMILES string of the molecule is CC.CC.CC.CCOC(=O)N1CCc2sc(SCC)c(C)c2C(C)C1. The van der Waals surface area contributed by atoms with Crippen LogP contribution >= 0.6 is 23.1 Å². The number of thiophene rings is 1. The highest BCUT2D eigenvalue weighted by atomic mass is 32.2. The fourth-order valence-corrected chi connectivity index (χ4v) is 5.42. The fourth-order valence-electron chi connectivity index (χ4n) is 2.79. The average molecular weight is 404 g/mol. The first kappa shape index (κ1) is 27.5. The lowest BCUT2D eigenvalue weighted by molar-refractivity contribution is 0.107. The molecule has 0 aliphatic carbocycles. The van der Waals surface area contributed by atoms with E-state index in [-0.39, 0.29) is 6.09 Å². The molecule has 1 aromatic rings. The minimum Gasteiger partial charge on any atom is -0.450 e. The Morgan fingerprint density at radius 1 is 1.19 bits per heavy atom. The number of hydrogen-bond acceptors (Lipinski definition) is 4. The maximum absolute atomic E-state index is 11.9. The van der Waals surface area contributed by atoms with Crippen LogP contribution in [0.3, 0.4) is 0 Å². The topological polar surface area (TPSA) is 29.5 Å². The Morgan fingerprint density at radius 2 is 1.77 bits per heavy atom. The molecule has 1 aromatic heterocycles. The van der Waals surface area contributed by atoms with Crippen molar-refractivity contribution in [1.29, 1.82) is 0 Å². The molecule has 5 heteroatoms.